The van der Waals surface area contributed by atoms with Crippen molar-refractivity contribution in [2.24, 2.45) is 17.8 Å². The van der Waals surface area contributed by atoms with Gasteiger partial charge >= 0.3 is 0 Å². The summed E-state index contributed by atoms with van der Waals surface area (Å²) in [6.07, 6.45) is 5.35. The van der Waals surface area contributed by atoms with E-state index in [-0.39, 0.29) is 10.8 Å². The van der Waals surface area contributed by atoms with Crippen LogP contribution in [0.15, 0.2) is 12.1 Å². The van der Waals surface area contributed by atoms with E-state index in [1.54, 1.807) is 6.07 Å². The van der Waals surface area contributed by atoms with Crippen LogP contribution >= 0.6 is 23.2 Å². The molecule has 0 saturated heterocycles. The summed E-state index contributed by atoms with van der Waals surface area (Å²) in [5.74, 6) is 3.16. The van der Waals surface area contributed by atoms with Crippen molar-refractivity contribution in [3.8, 4) is 0 Å². The van der Waals surface area contributed by atoms with Crippen LogP contribution < -0.4 is 0 Å². The Morgan fingerprint density at radius 3 is 2.48 bits per heavy atom. The van der Waals surface area contributed by atoms with Gasteiger partial charge in [0.05, 0.1) is 21.9 Å². The lowest BCUT2D eigenvalue weighted by Crippen LogP contribution is -2.16. The molecule has 1 heterocycles. The minimum atomic E-state index is -0.388. The maximum atomic E-state index is 13.8. The van der Waals surface area contributed by atoms with Gasteiger partial charge in [0.15, 0.2) is 0 Å². The summed E-state index contributed by atoms with van der Waals surface area (Å²) >= 11 is 11.9. The number of nitrogens with zero attached hydrogens (tertiary/aromatic N) is 2. The third-order valence-corrected chi connectivity index (χ3v) is 5.37. The molecule has 1 aromatic carbocycles. The molecule has 0 amide bonds. The molecule has 2 nitrogen and oxygen atoms in total. The summed E-state index contributed by atoms with van der Waals surface area (Å²) in [7, 11) is 0. The molecular weight excluding hydrogens is 310 g/mol. The van der Waals surface area contributed by atoms with Crippen LogP contribution in [0, 0.1) is 23.6 Å². The normalized spacial score (nSPS) is 18.9. The van der Waals surface area contributed by atoms with E-state index in [0.717, 1.165) is 35.2 Å². The SMILES string of the molecule is Fc1cc2c(cc1Cl)nc(CCl)n2CC(C1CC1)C1CC1. The standard InChI is InChI=1S/C16H17Cl2FN2/c17-7-16-20-14-5-12(18)13(19)6-15(14)21(16)8-11(9-1-2-9)10-3-4-10/h5-6,9-11H,1-4,7-8H2. The van der Waals surface area contributed by atoms with Gasteiger partial charge in [0.25, 0.3) is 0 Å². The molecule has 2 aliphatic rings. The Hall–Kier alpha value is -0.800. The predicted molar refractivity (Wildman–Crippen MR) is 83.2 cm³/mol. The van der Waals surface area contributed by atoms with Gasteiger partial charge in [0.2, 0.25) is 0 Å². The van der Waals surface area contributed by atoms with Crippen molar-refractivity contribution in [1.29, 1.82) is 0 Å². The number of hydrogen-bond acceptors (Lipinski definition) is 1. The third-order valence-electron chi connectivity index (χ3n) is 4.84. The highest BCUT2D eigenvalue weighted by atomic mass is 35.5. The molecule has 0 unspecified atom stereocenters. The molecule has 2 saturated carbocycles. The molecule has 112 valence electrons. The largest absolute Gasteiger partial charge is 0.327 e. The summed E-state index contributed by atoms with van der Waals surface area (Å²) in [6.45, 7) is 0.912. The van der Waals surface area contributed by atoms with E-state index in [1.165, 1.54) is 31.7 Å². The Bertz CT molecular complexity index is 677. The van der Waals surface area contributed by atoms with Gasteiger partial charge in [0.1, 0.15) is 11.6 Å². The van der Waals surface area contributed by atoms with Gasteiger partial charge in [-0.15, -0.1) is 11.6 Å². The van der Waals surface area contributed by atoms with E-state index in [2.05, 4.69) is 9.55 Å². The first-order valence-corrected chi connectivity index (χ1v) is 8.48. The van der Waals surface area contributed by atoms with Crippen molar-refractivity contribution >= 4 is 34.2 Å². The van der Waals surface area contributed by atoms with E-state index in [0.29, 0.717) is 11.8 Å². The van der Waals surface area contributed by atoms with Crippen LogP contribution in [0.3, 0.4) is 0 Å². The average molecular weight is 327 g/mol. The fourth-order valence-corrected chi connectivity index (χ4v) is 3.78. The van der Waals surface area contributed by atoms with Gasteiger partial charge in [-0.25, -0.2) is 9.37 Å². The van der Waals surface area contributed by atoms with Gasteiger partial charge in [-0.2, -0.15) is 0 Å². The maximum absolute atomic E-state index is 13.8. The van der Waals surface area contributed by atoms with E-state index >= 15 is 0 Å². The number of alkyl halides is 1. The van der Waals surface area contributed by atoms with Gasteiger partial charge in [0, 0.05) is 12.6 Å². The molecule has 0 radical (unpaired) electrons. The van der Waals surface area contributed by atoms with E-state index in [9.17, 15) is 4.39 Å². The number of halogens is 3. The minimum absolute atomic E-state index is 0.120. The van der Waals surface area contributed by atoms with Crippen LogP contribution in [-0.4, -0.2) is 9.55 Å². The summed E-state index contributed by atoms with van der Waals surface area (Å²) in [5.41, 5.74) is 1.56. The van der Waals surface area contributed by atoms with Crippen molar-refractivity contribution in [2.75, 3.05) is 0 Å². The van der Waals surface area contributed by atoms with Crippen LogP contribution in [0.1, 0.15) is 31.5 Å². The molecule has 4 rings (SSSR count). The molecule has 5 heteroatoms. The van der Waals surface area contributed by atoms with Crippen LogP contribution in [0.2, 0.25) is 5.02 Å². The zero-order valence-corrected chi connectivity index (χ0v) is 13.2. The summed E-state index contributed by atoms with van der Waals surface area (Å²) in [6, 6.07) is 3.10. The fourth-order valence-electron chi connectivity index (χ4n) is 3.42. The number of fused-ring (bicyclic) bond motifs is 1. The highest BCUT2D eigenvalue weighted by Crippen LogP contribution is 2.50. The molecule has 2 aromatic rings. The Balaban J connectivity index is 1.76. The smallest absolute Gasteiger partial charge is 0.144 e. The summed E-state index contributed by atoms with van der Waals surface area (Å²) < 4.78 is 15.9. The van der Waals surface area contributed by atoms with E-state index in [1.807, 2.05) is 0 Å². The van der Waals surface area contributed by atoms with E-state index < -0.39 is 0 Å². The molecule has 2 fully saturated rings. The summed E-state index contributed by atoms with van der Waals surface area (Å²) in [4.78, 5) is 4.53. The average Bonchev–Trinajstić information content (AvgIpc) is 3.35. The zero-order chi connectivity index (χ0) is 14.6. The first kappa shape index (κ1) is 13.8. The highest BCUT2D eigenvalue weighted by Gasteiger charge is 2.41. The number of aromatic nitrogens is 2. The minimum Gasteiger partial charge on any atom is -0.327 e. The maximum Gasteiger partial charge on any atom is 0.144 e. The zero-order valence-electron chi connectivity index (χ0n) is 11.7. The molecule has 0 aliphatic heterocycles. The van der Waals surface area contributed by atoms with Crippen LogP contribution in [0.5, 0.6) is 0 Å². The van der Waals surface area contributed by atoms with Crippen molar-refractivity contribution in [2.45, 2.75) is 38.1 Å². The second kappa shape index (κ2) is 5.13. The lowest BCUT2D eigenvalue weighted by Gasteiger charge is -2.18. The lowest BCUT2D eigenvalue weighted by atomic mass is 9.98. The number of benzene rings is 1. The molecule has 0 spiro atoms. The molecular formula is C16H17Cl2FN2. The Morgan fingerprint density at radius 1 is 1.24 bits per heavy atom. The quantitative estimate of drug-likeness (QED) is 0.706. The highest BCUT2D eigenvalue weighted by molar-refractivity contribution is 6.31. The Morgan fingerprint density at radius 2 is 1.90 bits per heavy atom. The lowest BCUT2D eigenvalue weighted by molar-refractivity contribution is 0.350. The number of hydrogen-bond donors (Lipinski definition) is 0. The first-order chi connectivity index (χ1) is 10.2. The first-order valence-electron chi connectivity index (χ1n) is 7.57. The molecule has 1 aromatic heterocycles. The van der Waals surface area contributed by atoms with Crippen molar-refractivity contribution in [3.05, 3.63) is 28.8 Å². The van der Waals surface area contributed by atoms with Crippen LogP contribution in [0.25, 0.3) is 11.0 Å². The molecule has 21 heavy (non-hydrogen) atoms. The van der Waals surface area contributed by atoms with Crippen LogP contribution in [-0.2, 0) is 12.4 Å². The Labute approximate surface area is 133 Å². The molecule has 0 atom stereocenters. The van der Waals surface area contributed by atoms with Gasteiger partial charge in [-0.1, -0.05) is 11.6 Å². The number of rotatable bonds is 5. The summed E-state index contributed by atoms with van der Waals surface area (Å²) in [5, 5.41) is 0.120. The third kappa shape index (κ3) is 2.55. The molecule has 0 N–H and O–H groups in total. The van der Waals surface area contributed by atoms with Crippen molar-refractivity contribution in [3.63, 3.8) is 0 Å². The fraction of sp³-hybridized carbons (Fsp3) is 0.562. The molecule has 0 bridgehead atoms. The van der Waals surface area contributed by atoms with Crippen LogP contribution in [0.4, 0.5) is 4.39 Å². The predicted octanol–water partition coefficient (Wildman–Crippen LogP) is 5.00. The Kier molecular flexibility index (Phi) is 3.38. The van der Waals surface area contributed by atoms with Crippen molar-refractivity contribution < 1.29 is 4.39 Å². The topological polar surface area (TPSA) is 17.8 Å². The van der Waals surface area contributed by atoms with E-state index in [4.69, 9.17) is 23.2 Å². The second-order valence-corrected chi connectivity index (χ2v) is 7.04. The molecule has 2 aliphatic carbocycles. The van der Waals surface area contributed by atoms with Crippen molar-refractivity contribution in [1.82, 2.24) is 9.55 Å². The second-order valence-electron chi connectivity index (χ2n) is 6.37. The van der Waals surface area contributed by atoms with Gasteiger partial charge in [-0.05, 0) is 49.5 Å². The van der Waals surface area contributed by atoms with Gasteiger partial charge in [-0.3, -0.25) is 0 Å². The monoisotopic (exact) mass is 326 g/mol. The number of imidazole rings is 1. The van der Waals surface area contributed by atoms with Gasteiger partial charge < -0.3 is 4.57 Å².